The molecule has 4 nitrogen and oxygen atoms in total. The van der Waals surface area contributed by atoms with Gasteiger partial charge in [0.1, 0.15) is 5.82 Å². The Kier molecular flexibility index (Phi) is 4.22. The van der Waals surface area contributed by atoms with Crippen LogP contribution in [0.15, 0.2) is 12.3 Å². The van der Waals surface area contributed by atoms with Gasteiger partial charge in [0.15, 0.2) is 0 Å². The lowest BCUT2D eigenvalue weighted by molar-refractivity contribution is 0.378. The van der Waals surface area contributed by atoms with E-state index in [2.05, 4.69) is 15.7 Å². The highest BCUT2D eigenvalue weighted by Crippen LogP contribution is 2.11. The smallest absolute Gasteiger partial charge is 0.147 e. The summed E-state index contributed by atoms with van der Waals surface area (Å²) in [6, 6.07) is 2.76. The van der Waals surface area contributed by atoms with Gasteiger partial charge in [-0.05, 0) is 32.2 Å². The zero-order valence-electron chi connectivity index (χ0n) is 10.1. The first-order chi connectivity index (χ1) is 7.84. The van der Waals surface area contributed by atoms with Crippen LogP contribution in [-0.4, -0.2) is 28.9 Å². The van der Waals surface area contributed by atoms with Crippen LogP contribution in [0.1, 0.15) is 32.1 Å². The van der Waals surface area contributed by atoms with Crippen molar-refractivity contribution in [2.45, 2.75) is 38.1 Å². The van der Waals surface area contributed by atoms with Gasteiger partial charge in [-0.25, -0.2) is 0 Å². The average molecular weight is 222 g/mol. The van der Waals surface area contributed by atoms with Crippen molar-refractivity contribution in [1.82, 2.24) is 15.1 Å². The minimum atomic E-state index is 0.749. The van der Waals surface area contributed by atoms with Crippen molar-refractivity contribution in [2.24, 2.45) is 7.05 Å². The SMILES string of the molecule is Cn1ccc(NCCCC2CCCCN2)n1. The van der Waals surface area contributed by atoms with Crippen LogP contribution >= 0.6 is 0 Å². The molecule has 4 heteroatoms. The van der Waals surface area contributed by atoms with Crippen LogP contribution in [0.2, 0.25) is 0 Å². The second-order valence-corrected chi connectivity index (χ2v) is 4.59. The molecule has 2 rings (SSSR count). The van der Waals surface area contributed by atoms with Crippen LogP contribution in [0, 0.1) is 0 Å². The standard InChI is InChI=1S/C12H22N4/c1-16-10-7-12(15-16)14-9-4-6-11-5-2-3-8-13-11/h7,10-11,13H,2-6,8-9H2,1H3,(H,14,15). The van der Waals surface area contributed by atoms with Gasteiger partial charge in [-0.1, -0.05) is 6.42 Å². The molecule has 0 bridgehead atoms. The minimum Gasteiger partial charge on any atom is -0.369 e. The highest BCUT2D eigenvalue weighted by molar-refractivity contribution is 5.31. The molecule has 90 valence electrons. The van der Waals surface area contributed by atoms with Crippen LogP contribution in [0.4, 0.5) is 5.82 Å². The summed E-state index contributed by atoms with van der Waals surface area (Å²) < 4.78 is 1.82. The molecule has 0 saturated carbocycles. The summed E-state index contributed by atoms with van der Waals surface area (Å²) in [4.78, 5) is 0. The van der Waals surface area contributed by atoms with Crippen molar-refractivity contribution in [3.8, 4) is 0 Å². The molecule has 1 aliphatic heterocycles. The second kappa shape index (κ2) is 5.89. The van der Waals surface area contributed by atoms with Gasteiger partial charge >= 0.3 is 0 Å². The van der Waals surface area contributed by atoms with Crippen LogP contribution in [0.3, 0.4) is 0 Å². The molecule has 1 aromatic rings. The average Bonchev–Trinajstić information content (AvgIpc) is 2.72. The Labute approximate surface area is 97.4 Å². The van der Waals surface area contributed by atoms with E-state index in [0.717, 1.165) is 18.4 Å². The van der Waals surface area contributed by atoms with Crippen molar-refractivity contribution < 1.29 is 0 Å². The van der Waals surface area contributed by atoms with Gasteiger partial charge in [-0.15, -0.1) is 0 Å². The first-order valence-corrected chi connectivity index (χ1v) is 6.31. The van der Waals surface area contributed by atoms with E-state index in [-0.39, 0.29) is 0 Å². The Morgan fingerprint density at radius 2 is 2.50 bits per heavy atom. The zero-order valence-corrected chi connectivity index (χ0v) is 10.1. The molecule has 1 fully saturated rings. The molecule has 16 heavy (non-hydrogen) atoms. The Hall–Kier alpha value is -1.03. The third-order valence-electron chi connectivity index (χ3n) is 3.16. The number of rotatable bonds is 5. The number of anilines is 1. The molecule has 1 saturated heterocycles. The molecule has 1 aromatic heterocycles. The summed E-state index contributed by atoms with van der Waals surface area (Å²) >= 11 is 0. The van der Waals surface area contributed by atoms with Crippen molar-refractivity contribution in [3.63, 3.8) is 0 Å². The van der Waals surface area contributed by atoms with E-state index >= 15 is 0 Å². The predicted octanol–water partition coefficient (Wildman–Crippen LogP) is 1.75. The lowest BCUT2D eigenvalue weighted by Crippen LogP contribution is -2.34. The van der Waals surface area contributed by atoms with Crippen molar-refractivity contribution in [3.05, 3.63) is 12.3 Å². The fourth-order valence-electron chi connectivity index (χ4n) is 2.24. The molecular formula is C12H22N4. The quantitative estimate of drug-likeness (QED) is 0.746. The Balaban J connectivity index is 1.57. The lowest BCUT2D eigenvalue weighted by Gasteiger charge is -2.23. The molecule has 0 aromatic carbocycles. The number of piperidine rings is 1. The minimum absolute atomic E-state index is 0.749. The van der Waals surface area contributed by atoms with Crippen molar-refractivity contribution in [2.75, 3.05) is 18.4 Å². The number of nitrogens with one attached hydrogen (secondary N) is 2. The van der Waals surface area contributed by atoms with Crippen LogP contribution in [0.5, 0.6) is 0 Å². The summed E-state index contributed by atoms with van der Waals surface area (Å²) in [5.74, 6) is 0.985. The summed E-state index contributed by atoms with van der Waals surface area (Å²) in [5.41, 5.74) is 0. The summed E-state index contributed by atoms with van der Waals surface area (Å²) in [6.07, 6.45) is 8.55. The molecule has 0 spiro atoms. The fraction of sp³-hybridized carbons (Fsp3) is 0.750. The normalized spacial score (nSPS) is 20.9. The zero-order chi connectivity index (χ0) is 11.2. The highest BCUT2D eigenvalue weighted by Gasteiger charge is 2.11. The van der Waals surface area contributed by atoms with Crippen LogP contribution in [0.25, 0.3) is 0 Å². The van der Waals surface area contributed by atoms with E-state index in [1.165, 1.54) is 38.6 Å². The Morgan fingerprint density at radius 3 is 3.19 bits per heavy atom. The van der Waals surface area contributed by atoms with Gasteiger partial charge < -0.3 is 10.6 Å². The van der Waals surface area contributed by atoms with Gasteiger partial charge in [-0.2, -0.15) is 5.10 Å². The second-order valence-electron chi connectivity index (χ2n) is 4.59. The molecule has 1 unspecified atom stereocenters. The van der Waals surface area contributed by atoms with E-state index in [1.54, 1.807) is 0 Å². The van der Waals surface area contributed by atoms with Gasteiger partial charge in [0.05, 0.1) is 0 Å². The van der Waals surface area contributed by atoms with Crippen molar-refractivity contribution >= 4 is 5.82 Å². The third kappa shape index (κ3) is 3.52. The summed E-state index contributed by atoms with van der Waals surface area (Å²) in [6.45, 7) is 2.23. The molecule has 0 radical (unpaired) electrons. The lowest BCUT2D eigenvalue weighted by atomic mass is 10.0. The van der Waals surface area contributed by atoms with E-state index in [1.807, 2.05) is 24.0 Å². The molecule has 2 N–H and O–H groups in total. The number of nitrogens with zero attached hydrogens (tertiary/aromatic N) is 2. The maximum absolute atomic E-state index is 4.28. The number of aromatic nitrogens is 2. The molecule has 1 atom stereocenters. The predicted molar refractivity (Wildman–Crippen MR) is 66.6 cm³/mol. The first kappa shape index (κ1) is 11.5. The van der Waals surface area contributed by atoms with Gasteiger partial charge in [0.2, 0.25) is 0 Å². The van der Waals surface area contributed by atoms with E-state index in [4.69, 9.17) is 0 Å². The molecule has 2 heterocycles. The van der Waals surface area contributed by atoms with Gasteiger partial charge in [0, 0.05) is 31.9 Å². The van der Waals surface area contributed by atoms with E-state index in [0.29, 0.717) is 0 Å². The molecule has 0 aliphatic carbocycles. The summed E-state index contributed by atoms with van der Waals surface area (Å²) in [5, 5.41) is 11.2. The Morgan fingerprint density at radius 1 is 1.56 bits per heavy atom. The van der Waals surface area contributed by atoms with Crippen LogP contribution < -0.4 is 10.6 Å². The molecular weight excluding hydrogens is 200 g/mol. The van der Waals surface area contributed by atoms with Crippen LogP contribution in [-0.2, 0) is 7.05 Å². The third-order valence-corrected chi connectivity index (χ3v) is 3.16. The van der Waals surface area contributed by atoms with E-state index in [9.17, 15) is 0 Å². The maximum atomic E-state index is 4.28. The topological polar surface area (TPSA) is 41.9 Å². The van der Waals surface area contributed by atoms with E-state index < -0.39 is 0 Å². The Bertz CT molecular complexity index is 302. The fourth-order valence-corrected chi connectivity index (χ4v) is 2.24. The monoisotopic (exact) mass is 222 g/mol. The molecule has 1 aliphatic rings. The number of hydrogen-bond donors (Lipinski definition) is 2. The largest absolute Gasteiger partial charge is 0.369 e. The van der Waals surface area contributed by atoms with Gasteiger partial charge in [0.25, 0.3) is 0 Å². The number of hydrogen-bond acceptors (Lipinski definition) is 3. The van der Waals surface area contributed by atoms with Crippen molar-refractivity contribution in [1.29, 1.82) is 0 Å². The number of aryl methyl sites for hydroxylation is 1. The van der Waals surface area contributed by atoms with Gasteiger partial charge in [-0.3, -0.25) is 4.68 Å². The molecule has 0 amide bonds. The highest BCUT2D eigenvalue weighted by atomic mass is 15.3. The summed E-state index contributed by atoms with van der Waals surface area (Å²) in [7, 11) is 1.94. The first-order valence-electron chi connectivity index (χ1n) is 6.31. The maximum Gasteiger partial charge on any atom is 0.147 e.